The monoisotopic (exact) mass is 232 g/mol. The SMILES string of the molecule is Cc1cccc2c1NC(CNC(C)(C)C)CC2. The molecule has 1 aromatic rings. The molecule has 0 spiro atoms. The van der Waals surface area contributed by atoms with E-state index in [0.717, 1.165) is 6.54 Å². The predicted octanol–water partition coefficient (Wildman–Crippen LogP) is 3.11. The van der Waals surface area contributed by atoms with E-state index >= 15 is 0 Å². The molecule has 0 bridgehead atoms. The summed E-state index contributed by atoms with van der Waals surface area (Å²) < 4.78 is 0. The molecule has 0 radical (unpaired) electrons. The van der Waals surface area contributed by atoms with Crippen LogP contribution in [0.15, 0.2) is 18.2 Å². The van der Waals surface area contributed by atoms with Crippen molar-refractivity contribution >= 4 is 5.69 Å². The minimum absolute atomic E-state index is 0.202. The van der Waals surface area contributed by atoms with Crippen molar-refractivity contribution in [2.75, 3.05) is 11.9 Å². The second-order valence-electron chi connectivity index (χ2n) is 6.12. The smallest absolute Gasteiger partial charge is 0.0405 e. The summed E-state index contributed by atoms with van der Waals surface area (Å²) in [6.45, 7) is 9.88. The topological polar surface area (TPSA) is 24.1 Å². The minimum Gasteiger partial charge on any atom is -0.381 e. The van der Waals surface area contributed by atoms with Crippen LogP contribution in [0.2, 0.25) is 0 Å². The maximum atomic E-state index is 3.68. The quantitative estimate of drug-likeness (QED) is 0.818. The Morgan fingerprint density at radius 1 is 1.35 bits per heavy atom. The van der Waals surface area contributed by atoms with E-state index in [0.29, 0.717) is 6.04 Å². The lowest BCUT2D eigenvalue weighted by Gasteiger charge is -2.31. The van der Waals surface area contributed by atoms with Crippen molar-refractivity contribution in [1.29, 1.82) is 0 Å². The van der Waals surface area contributed by atoms with Crippen LogP contribution in [0.5, 0.6) is 0 Å². The Labute approximate surface area is 105 Å². The van der Waals surface area contributed by atoms with Gasteiger partial charge >= 0.3 is 0 Å². The Kier molecular flexibility index (Phi) is 3.43. The lowest BCUT2D eigenvalue weighted by Crippen LogP contribution is -2.44. The van der Waals surface area contributed by atoms with Crippen molar-refractivity contribution in [3.8, 4) is 0 Å². The highest BCUT2D eigenvalue weighted by atomic mass is 15.0. The highest BCUT2D eigenvalue weighted by molar-refractivity contribution is 5.59. The molecule has 0 aromatic heterocycles. The van der Waals surface area contributed by atoms with Gasteiger partial charge in [0.2, 0.25) is 0 Å². The predicted molar refractivity (Wildman–Crippen MR) is 74.7 cm³/mol. The summed E-state index contributed by atoms with van der Waals surface area (Å²) in [5.41, 5.74) is 4.40. The fraction of sp³-hybridized carbons (Fsp3) is 0.600. The summed E-state index contributed by atoms with van der Waals surface area (Å²) in [4.78, 5) is 0. The summed E-state index contributed by atoms with van der Waals surface area (Å²) in [5.74, 6) is 0. The summed E-state index contributed by atoms with van der Waals surface area (Å²) in [6, 6.07) is 7.14. The highest BCUT2D eigenvalue weighted by Gasteiger charge is 2.20. The lowest BCUT2D eigenvalue weighted by atomic mass is 9.95. The Morgan fingerprint density at radius 3 is 2.82 bits per heavy atom. The number of fused-ring (bicyclic) bond motifs is 1. The number of nitrogens with one attached hydrogen (secondary N) is 2. The molecule has 0 amide bonds. The molecule has 1 atom stereocenters. The first-order chi connectivity index (χ1) is 7.96. The van der Waals surface area contributed by atoms with Gasteiger partial charge in [0.1, 0.15) is 0 Å². The van der Waals surface area contributed by atoms with Crippen molar-refractivity contribution in [2.45, 2.75) is 52.1 Å². The van der Waals surface area contributed by atoms with Crippen LogP contribution in [-0.2, 0) is 6.42 Å². The molecule has 2 heteroatoms. The second-order valence-corrected chi connectivity index (χ2v) is 6.12. The molecule has 94 valence electrons. The summed E-state index contributed by atoms with van der Waals surface area (Å²) in [5, 5.41) is 7.25. The van der Waals surface area contributed by atoms with Crippen molar-refractivity contribution in [3.05, 3.63) is 29.3 Å². The van der Waals surface area contributed by atoms with Gasteiger partial charge in [0, 0.05) is 23.8 Å². The molecule has 0 aliphatic carbocycles. The van der Waals surface area contributed by atoms with Gasteiger partial charge in [-0.2, -0.15) is 0 Å². The first-order valence-electron chi connectivity index (χ1n) is 6.56. The number of hydrogen-bond acceptors (Lipinski definition) is 2. The van der Waals surface area contributed by atoms with Crippen molar-refractivity contribution in [2.24, 2.45) is 0 Å². The molecule has 17 heavy (non-hydrogen) atoms. The van der Waals surface area contributed by atoms with E-state index in [1.165, 1.54) is 29.7 Å². The van der Waals surface area contributed by atoms with Crippen LogP contribution in [0.4, 0.5) is 5.69 Å². The van der Waals surface area contributed by atoms with Gasteiger partial charge in [0.25, 0.3) is 0 Å². The van der Waals surface area contributed by atoms with E-state index in [-0.39, 0.29) is 5.54 Å². The number of aryl methyl sites for hydroxylation is 2. The second kappa shape index (κ2) is 4.69. The molecule has 0 fully saturated rings. The molecule has 0 saturated heterocycles. The van der Waals surface area contributed by atoms with E-state index in [4.69, 9.17) is 0 Å². The lowest BCUT2D eigenvalue weighted by molar-refractivity contribution is 0.404. The van der Waals surface area contributed by atoms with Gasteiger partial charge < -0.3 is 10.6 Å². The van der Waals surface area contributed by atoms with E-state index in [2.05, 4.69) is 56.5 Å². The van der Waals surface area contributed by atoms with Crippen LogP contribution in [0, 0.1) is 6.92 Å². The molecule has 1 aliphatic rings. The fourth-order valence-electron chi connectivity index (χ4n) is 2.33. The molecule has 2 N–H and O–H groups in total. The van der Waals surface area contributed by atoms with Gasteiger partial charge in [-0.3, -0.25) is 0 Å². The average Bonchev–Trinajstić information content (AvgIpc) is 2.26. The zero-order valence-electron chi connectivity index (χ0n) is 11.4. The van der Waals surface area contributed by atoms with Gasteiger partial charge in [0.05, 0.1) is 0 Å². The minimum atomic E-state index is 0.202. The first kappa shape index (κ1) is 12.4. The maximum absolute atomic E-state index is 3.68. The van der Waals surface area contributed by atoms with Crippen LogP contribution >= 0.6 is 0 Å². The van der Waals surface area contributed by atoms with Gasteiger partial charge in [-0.15, -0.1) is 0 Å². The Morgan fingerprint density at radius 2 is 2.12 bits per heavy atom. The van der Waals surface area contributed by atoms with Crippen molar-refractivity contribution in [3.63, 3.8) is 0 Å². The van der Waals surface area contributed by atoms with Gasteiger partial charge in [0.15, 0.2) is 0 Å². The maximum Gasteiger partial charge on any atom is 0.0405 e. The van der Waals surface area contributed by atoms with Crippen molar-refractivity contribution < 1.29 is 0 Å². The molecular formula is C15H24N2. The standard InChI is InChI=1S/C15H24N2/c1-11-6-5-7-12-8-9-13(17-14(11)12)10-16-15(2,3)4/h5-7,13,16-17H,8-10H2,1-4H3. The molecule has 2 nitrogen and oxygen atoms in total. The third-order valence-electron chi connectivity index (χ3n) is 3.35. The van der Waals surface area contributed by atoms with Gasteiger partial charge in [-0.1, -0.05) is 18.2 Å². The molecular weight excluding hydrogens is 208 g/mol. The van der Waals surface area contributed by atoms with Crippen LogP contribution < -0.4 is 10.6 Å². The Hall–Kier alpha value is -1.02. The first-order valence-corrected chi connectivity index (χ1v) is 6.56. The van der Waals surface area contributed by atoms with Gasteiger partial charge in [-0.25, -0.2) is 0 Å². The Bertz CT molecular complexity index is 390. The average molecular weight is 232 g/mol. The molecule has 2 rings (SSSR count). The van der Waals surface area contributed by atoms with E-state index in [9.17, 15) is 0 Å². The van der Waals surface area contributed by atoms with Crippen LogP contribution in [0.3, 0.4) is 0 Å². The molecule has 1 aliphatic heterocycles. The van der Waals surface area contributed by atoms with Crippen LogP contribution in [0.1, 0.15) is 38.3 Å². The van der Waals surface area contributed by atoms with E-state index in [1.54, 1.807) is 0 Å². The van der Waals surface area contributed by atoms with E-state index in [1.807, 2.05) is 0 Å². The van der Waals surface area contributed by atoms with Crippen molar-refractivity contribution in [1.82, 2.24) is 5.32 Å². The fourth-order valence-corrected chi connectivity index (χ4v) is 2.33. The molecule has 1 aromatic carbocycles. The number of benzene rings is 1. The normalized spacial score (nSPS) is 19.6. The molecule has 1 unspecified atom stereocenters. The zero-order chi connectivity index (χ0) is 12.5. The number of hydrogen-bond donors (Lipinski definition) is 2. The van der Waals surface area contributed by atoms with Crippen LogP contribution in [0.25, 0.3) is 0 Å². The summed E-state index contributed by atoms with van der Waals surface area (Å²) in [7, 11) is 0. The van der Waals surface area contributed by atoms with Gasteiger partial charge in [-0.05, 0) is 51.7 Å². The number of rotatable bonds is 2. The largest absolute Gasteiger partial charge is 0.381 e. The molecule has 0 saturated carbocycles. The molecule has 1 heterocycles. The number of para-hydroxylation sites is 1. The number of anilines is 1. The Balaban J connectivity index is 2.01. The highest BCUT2D eigenvalue weighted by Crippen LogP contribution is 2.27. The summed E-state index contributed by atoms with van der Waals surface area (Å²) >= 11 is 0. The zero-order valence-corrected chi connectivity index (χ0v) is 11.4. The summed E-state index contributed by atoms with van der Waals surface area (Å²) in [6.07, 6.45) is 2.42. The third-order valence-corrected chi connectivity index (χ3v) is 3.35. The van der Waals surface area contributed by atoms with Crippen LogP contribution in [-0.4, -0.2) is 18.1 Å². The van der Waals surface area contributed by atoms with E-state index < -0.39 is 0 Å². The third kappa shape index (κ3) is 3.22.